The Morgan fingerprint density at radius 2 is 1.65 bits per heavy atom. The van der Waals surface area contributed by atoms with Crippen molar-refractivity contribution in [1.29, 1.82) is 0 Å². The summed E-state index contributed by atoms with van der Waals surface area (Å²) < 4.78 is 104. The molecule has 40 heavy (non-hydrogen) atoms. The number of nitrogens with one attached hydrogen (secondary N) is 4. The van der Waals surface area contributed by atoms with Gasteiger partial charge in [0.1, 0.15) is 42.2 Å². The second kappa shape index (κ2) is 13.0. The van der Waals surface area contributed by atoms with E-state index in [9.17, 15) is 27.1 Å². The third-order valence-electron chi connectivity index (χ3n) is 9.24. The molecular weight excluding hydrogens is 561 g/mol. The van der Waals surface area contributed by atoms with Crippen molar-refractivity contribution in [3.63, 3.8) is 0 Å². The van der Waals surface area contributed by atoms with Crippen LogP contribution in [0.2, 0.25) is 0 Å². The van der Waals surface area contributed by atoms with Gasteiger partial charge in [0.2, 0.25) is 15.9 Å². The fraction of sp³-hybridized carbons (Fsp3) is 0.960. The molecule has 5 N–H and O–H groups in total. The van der Waals surface area contributed by atoms with E-state index in [4.69, 9.17) is 0 Å². The number of hydrogen-bond donors (Lipinski definition) is 5. The van der Waals surface area contributed by atoms with Crippen LogP contribution in [0.1, 0.15) is 38.5 Å². The molecule has 1 amide bonds. The van der Waals surface area contributed by atoms with Gasteiger partial charge in [0, 0.05) is 43.4 Å². The minimum absolute atomic E-state index is 0.106. The number of alkyl halides is 5. The number of carbonyl (C=O) groups excluding carboxylic acids is 1. The smallest absolute Gasteiger partial charge is 0.238 e. The molecule has 0 spiro atoms. The third-order valence-corrected chi connectivity index (χ3v) is 11.1. The normalized spacial score (nSPS) is 44.4. The summed E-state index contributed by atoms with van der Waals surface area (Å²) >= 11 is 0. The summed E-state index contributed by atoms with van der Waals surface area (Å²) in [6.45, 7) is 0.309. The second-order valence-corrected chi connectivity index (χ2v) is 14.0. The van der Waals surface area contributed by atoms with Crippen LogP contribution in [0.25, 0.3) is 0 Å². The van der Waals surface area contributed by atoms with Gasteiger partial charge in [0.05, 0.1) is 12.1 Å². The fourth-order valence-corrected chi connectivity index (χ4v) is 8.93. The van der Waals surface area contributed by atoms with Crippen LogP contribution in [-0.2, 0) is 14.8 Å². The molecule has 1 heterocycles. The number of hydrazine groups is 1. The van der Waals surface area contributed by atoms with Crippen molar-refractivity contribution in [2.24, 2.45) is 23.7 Å². The minimum atomic E-state index is -4.57. The number of aliphatic hydroxyl groups excluding tert-OH is 1. The van der Waals surface area contributed by atoms with Gasteiger partial charge < -0.3 is 15.3 Å². The summed E-state index contributed by atoms with van der Waals surface area (Å²) in [7, 11) is -0.844. The molecule has 9 nitrogen and oxygen atoms in total. The lowest BCUT2D eigenvalue weighted by Gasteiger charge is -2.45. The number of amides is 1. The van der Waals surface area contributed by atoms with Crippen LogP contribution < -0.4 is 20.9 Å². The Morgan fingerprint density at radius 3 is 2.33 bits per heavy atom. The van der Waals surface area contributed by atoms with Gasteiger partial charge in [0.15, 0.2) is 0 Å². The summed E-state index contributed by atoms with van der Waals surface area (Å²) in [6.07, 6.45) is -10.1. The zero-order chi connectivity index (χ0) is 29.4. The third kappa shape index (κ3) is 6.59. The fourth-order valence-electron chi connectivity index (χ4n) is 7.06. The van der Waals surface area contributed by atoms with E-state index in [1.54, 1.807) is 0 Å². The van der Waals surface area contributed by atoms with Crippen molar-refractivity contribution in [3.8, 4) is 0 Å². The number of likely N-dealkylation sites (N-methyl/N-ethyl adjacent to an activating group) is 1. The maximum atomic E-state index is 15.8. The molecule has 1 saturated heterocycles. The molecule has 13 unspecified atom stereocenters. The van der Waals surface area contributed by atoms with E-state index in [1.165, 1.54) is 0 Å². The van der Waals surface area contributed by atoms with Crippen molar-refractivity contribution in [2.75, 3.05) is 33.8 Å². The number of halogens is 5. The lowest BCUT2D eigenvalue weighted by molar-refractivity contribution is -0.124. The topological polar surface area (TPSA) is 123 Å². The van der Waals surface area contributed by atoms with E-state index < -0.39 is 101 Å². The minimum Gasteiger partial charge on any atom is -0.396 e. The summed E-state index contributed by atoms with van der Waals surface area (Å²) in [5, 5.41) is 10.3. The van der Waals surface area contributed by atoms with Crippen LogP contribution in [0.3, 0.4) is 0 Å². The number of carbonyl (C=O) groups is 1. The lowest BCUT2D eigenvalue weighted by atomic mass is 9.65. The Kier molecular flexibility index (Phi) is 10.4. The first-order valence-electron chi connectivity index (χ1n) is 14.1. The maximum absolute atomic E-state index is 15.8. The number of fused-ring (bicyclic) bond motifs is 1. The van der Waals surface area contributed by atoms with Gasteiger partial charge in [-0.2, -0.15) is 0 Å². The zero-order valence-electron chi connectivity index (χ0n) is 22.8. The predicted molar refractivity (Wildman–Crippen MR) is 138 cm³/mol. The van der Waals surface area contributed by atoms with E-state index >= 15 is 13.2 Å². The Labute approximate surface area is 232 Å². The van der Waals surface area contributed by atoms with Crippen LogP contribution >= 0.6 is 0 Å². The van der Waals surface area contributed by atoms with Gasteiger partial charge in [0.25, 0.3) is 0 Å². The quantitative estimate of drug-likeness (QED) is 0.246. The molecule has 0 radical (unpaired) electrons. The summed E-state index contributed by atoms with van der Waals surface area (Å²) in [5.41, 5.74) is 5.62. The standard InChI is InChI=1S/C25H42F5N5O4S/c1-35(2)8-7-31-25(37)24-15-4-3-14(21(29)23(15)32-33-24)19-16(27)5-6-17(22(19)30)34-40(38,39)18-10-13(26)9-12(11-36)20(18)28/h12-24,32-34,36H,3-11H2,1-2H3,(H,31,37). The molecule has 0 aromatic heterocycles. The molecule has 0 bridgehead atoms. The number of nitrogens with zero attached hydrogens (tertiary/aromatic N) is 1. The van der Waals surface area contributed by atoms with Gasteiger partial charge >= 0.3 is 0 Å². The molecule has 0 aromatic rings. The highest BCUT2D eigenvalue weighted by atomic mass is 32.2. The van der Waals surface area contributed by atoms with Gasteiger partial charge in [-0.25, -0.2) is 40.5 Å². The van der Waals surface area contributed by atoms with E-state index in [2.05, 4.69) is 20.9 Å². The van der Waals surface area contributed by atoms with Crippen molar-refractivity contribution >= 4 is 15.9 Å². The number of aliphatic hydroxyl groups is 1. The molecule has 4 fully saturated rings. The largest absolute Gasteiger partial charge is 0.396 e. The van der Waals surface area contributed by atoms with E-state index in [0.29, 0.717) is 19.5 Å². The molecule has 1 aliphatic heterocycles. The molecule has 15 heteroatoms. The van der Waals surface area contributed by atoms with Crippen LogP contribution in [0.5, 0.6) is 0 Å². The highest BCUT2D eigenvalue weighted by molar-refractivity contribution is 7.90. The number of sulfonamides is 1. The summed E-state index contributed by atoms with van der Waals surface area (Å²) in [6, 6.07) is -2.98. The summed E-state index contributed by atoms with van der Waals surface area (Å²) in [4.78, 5) is 14.6. The molecule has 232 valence electrons. The average Bonchev–Trinajstić information content (AvgIpc) is 3.33. The van der Waals surface area contributed by atoms with Crippen LogP contribution in [0.4, 0.5) is 22.0 Å². The Morgan fingerprint density at radius 1 is 0.950 bits per heavy atom. The lowest BCUT2D eigenvalue weighted by Crippen LogP contribution is -2.59. The molecular formula is C25H42F5N5O4S. The molecule has 13 atom stereocenters. The SMILES string of the molecule is CN(C)CCNC(=O)C1NNC2C(F)C(C3C(F)CCC(NS(=O)(=O)C4CC(F)CC(CO)C4F)C3F)CCC12. The van der Waals surface area contributed by atoms with Crippen molar-refractivity contribution in [3.05, 3.63) is 0 Å². The van der Waals surface area contributed by atoms with E-state index in [-0.39, 0.29) is 31.6 Å². The van der Waals surface area contributed by atoms with Crippen molar-refractivity contribution in [1.82, 2.24) is 25.8 Å². The number of rotatable bonds is 9. The molecule has 0 aromatic carbocycles. The van der Waals surface area contributed by atoms with Crippen LogP contribution in [0.15, 0.2) is 0 Å². The number of hydrogen-bond acceptors (Lipinski definition) is 7. The molecule has 3 saturated carbocycles. The summed E-state index contributed by atoms with van der Waals surface area (Å²) in [5.74, 6) is -4.44. The van der Waals surface area contributed by atoms with Crippen LogP contribution in [-0.4, -0.2) is 112 Å². The first kappa shape index (κ1) is 31.8. The second-order valence-electron chi connectivity index (χ2n) is 12.1. The van der Waals surface area contributed by atoms with Gasteiger partial charge in [-0.15, -0.1) is 0 Å². The Balaban J connectivity index is 1.41. The van der Waals surface area contributed by atoms with Crippen LogP contribution in [0, 0.1) is 23.7 Å². The van der Waals surface area contributed by atoms with Gasteiger partial charge in [-0.1, -0.05) is 0 Å². The Bertz CT molecular complexity index is 983. The Hall–Kier alpha value is -1.13. The average molecular weight is 604 g/mol. The first-order chi connectivity index (χ1) is 18.9. The highest BCUT2D eigenvalue weighted by Gasteiger charge is 2.56. The van der Waals surface area contributed by atoms with E-state index in [1.807, 2.05) is 19.0 Å². The van der Waals surface area contributed by atoms with E-state index in [0.717, 1.165) is 0 Å². The monoisotopic (exact) mass is 603 g/mol. The molecule has 3 aliphatic carbocycles. The molecule has 4 aliphatic rings. The predicted octanol–water partition coefficient (Wildman–Crippen LogP) is 0.695. The highest BCUT2D eigenvalue weighted by Crippen LogP contribution is 2.46. The first-order valence-corrected chi connectivity index (χ1v) is 15.7. The zero-order valence-corrected chi connectivity index (χ0v) is 23.6. The van der Waals surface area contributed by atoms with Gasteiger partial charge in [-0.3, -0.25) is 10.2 Å². The molecule has 4 rings (SSSR count). The van der Waals surface area contributed by atoms with Crippen molar-refractivity contribution < 1.29 is 40.3 Å². The van der Waals surface area contributed by atoms with Crippen molar-refractivity contribution in [2.45, 2.75) is 92.8 Å². The maximum Gasteiger partial charge on any atom is 0.238 e. The van der Waals surface area contributed by atoms with Gasteiger partial charge in [-0.05, 0) is 52.6 Å².